The molecule has 1 aliphatic heterocycles. The maximum absolute atomic E-state index is 12.9. The summed E-state index contributed by atoms with van der Waals surface area (Å²) in [6.45, 7) is 7.84. The van der Waals surface area contributed by atoms with Gasteiger partial charge in [0.15, 0.2) is 0 Å². The number of nitrogens with zero attached hydrogens (tertiary/aromatic N) is 1. The van der Waals surface area contributed by atoms with Crippen LogP contribution in [0.5, 0.6) is 0 Å². The second-order valence-electron chi connectivity index (χ2n) is 6.65. The lowest BCUT2D eigenvalue weighted by Gasteiger charge is -2.65. The van der Waals surface area contributed by atoms with Crippen molar-refractivity contribution in [3.8, 4) is 0 Å². The zero-order chi connectivity index (χ0) is 15.0. The van der Waals surface area contributed by atoms with E-state index in [9.17, 15) is 9.90 Å². The first kappa shape index (κ1) is 15.7. The average molecular weight is 284 g/mol. The topological polar surface area (TPSA) is 75.8 Å². The Morgan fingerprint density at radius 1 is 1.45 bits per heavy atom. The summed E-state index contributed by atoms with van der Waals surface area (Å²) < 4.78 is 5.84. The molecule has 0 aromatic rings. The number of fused-ring (bicyclic) bond motifs is 1. The number of ether oxygens (including phenoxy) is 1. The van der Waals surface area contributed by atoms with Gasteiger partial charge in [-0.25, -0.2) is 0 Å². The number of aliphatic hydroxyl groups is 1. The number of carbonyl (C=O) groups excluding carboxylic acids is 1. The number of hydrogen-bond donors (Lipinski definition) is 2. The molecule has 2 aliphatic rings. The van der Waals surface area contributed by atoms with Crippen LogP contribution in [0.1, 0.15) is 40.0 Å². The molecular formula is C15H28N2O3. The van der Waals surface area contributed by atoms with Gasteiger partial charge >= 0.3 is 0 Å². The summed E-state index contributed by atoms with van der Waals surface area (Å²) in [4.78, 5) is 14.6. The first-order chi connectivity index (χ1) is 9.41. The van der Waals surface area contributed by atoms with Crippen molar-refractivity contribution < 1.29 is 14.6 Å². The molecule has 3 atom stereocenters. The van der Waals surface area contributed by atoms with Gasteiger partial charge in [-0.1, -0.05) is 20.8 Å². The summed E-state index contributed by atoms with van der Waals surface area (Å²) in [6, 6.07) is 0. The minimum atomic E-state index is -0.859. The molecule has 5 heteroatoms. The van der Waals surface area contributed by atoms with Gasteiger partial charge in [-0.2, -0.15) is 0 Å². The minimum absolute atomic E-state index is 0.0210. The second-order valence-corrected chi connectivity index (χ2v) is 6.65. The van der Waals surface area contributed by atoms with E-state index >= 15 is 0 Å². The highest BCUT2D eigenvalue weighted by molar-refractivity contribution is 5.89. The Labute approximate surface area is 121 Å². The van der Waals surface area contributed by atoms with Crippen LogP contribution in [-0.4, -0.2) is 53.9 Å². The molecule has 0 spiro atoms. The summed E-state index contributed by atoms with van der Waals surface area (Å²) in [5, 5.41) is 9.17. The monoisotopic (exact) mass is 284 g/mol. The third-order valence-electron chi connectivity index (χ3n) is 5.19. The SMILES string of the molecule is CCCN(CCO)C(=O)C1(N)C2CCCOC2C1(C)C. The van der Waals surface area contributed by atoms with E-state index in [0.29, 0.717) is 13.1 Å². The molecule has 1 aliphatic carbocycles. The van der Waals surface area contributed by atoms with Gasteiger partial charge in [-0.3, -0.25) is 4.79 Å². The van der Waals surface area contributed by atoms with Crippen molar-refractivity contribution in [1.82, 2.24) is 4.90 Å². The summed E-state index contributed by atoms with van der Waals surface area (Å²) in [7, 11) is 0. The Morgan fingerprint density at radius 3 is 2.75 bits per heavy atom. The maximum atomic E-state index is 12.9. The molecule has 1 amide bonds. The zero-order valence-electron chi connectivity index (χ0n) is 12.9. The first-order valence-corrected chi connectivity index (χ1v) is 7.72. The van der Waals surface area contributed by atoms with Gasteiger partial charge in [0.2, 0.25) is 5.91 Å². The van der Waals surface area contributed by atoms with Crippen LogP contribution >= 0.6 is 0 Å². The number of amides is 1. The fourth-order valence-corrected chi connectivity index (χ4v) is 3.98. The number of hydrogen-bond acceptors (Lipinski definition) is 4. The summed E-state index contributed by atoms with van der Waals surface area (Å²) in [6.07, 6.45) is 2.88. The van der Waals surface area contributed by atoms with Crippen LogP contribution in [0.15, 0.2) is 0 Å². The highest BCUT2D eigenvalue weighted by atomic mass is 16.5. The highest BCUT2D eigenvalue weighted by Crippen LogP contribution is 2.57. The fourth-order valence-electron chi connectivity index (χ4n) is 3.98. The lowest BCUT2D eigenvalue weighted by atomic mass is 9.46. The average Bonchev–Trinajstić information content (AvgIpc) is 2.45. The fraction of sp³-hybridized carbons (Fsp3) is 0.933. The number of carbonyl (C=O) groups is 1. The van der Waals surface area contributed by atoms with Crippen molar-refractivity contribution in [3.63, 3.8) is 0 Å². The van der Waals surface area contributed by atoms with Gasteiger partial charge < -0.3 is 20.5 Å². The van der Waals surface area contributed by atoms with Gasteiger partial charge in [0.25, 0.3) is 0 Å². The summed E-state index contributed by atoms with van der Waals surface area (Å²) >= 11 is 0. The van der Waals surface area contributed by atoms with Crippen LogP contribution in [0, 0.1) is 11.3 Å². The Bertz CT molecular complexity index is 366. The molecule has 1 heterocycles. The van der Waals surface area contributed by atoms with Crippen LogP contribution in [0.4, 0.5) is 0 Å². The highest BCUT2D eigenvalue weighted by Gasteiger charge is 2.70. The minimum Gasteiger partial charge on any atom is -0.395 e. The maximum Gasteiger partial charge on any atom is 0.243 e. The molecule has 5 nitrogen and oxygen atoms in total. The van der Waals surface area contributed by atoms with Gasteiger partial charge in [-0.05, 0) is 19.3 Å². The predicted molar refractivity (Wildman–Crippen MR) is 77.1 cm³/mol. The van der Waals surface area contributed by atoms with Crippen molar-refractivity contribution in [1.29, 1.82) is 0 Å². The molecule has 0 bridgehead atoms. The number of rotatable bonds is 5. The third-order valence-corrected chi connectivity index (χ3v) is 5.19. The van der Waals surface area contributed by atoms with E-state index in [4.69, 9.17) is 10.5 Å². The smallest absolute Gasteiger partial charge is 0.243 e. The molecule has 1 saturated carbocycles. The number of nitrogens with two attached hydrogens (primary N) is 1. The van der Waals surface area contributed by atoms with E-state index in [1.165, 1.54) is 0 Å². The summed E-state index contributed by atoms with van der Waals surface area (Å²) in [5.41, 5.74) is 5.38. The summed E-state index contributed by atoms with van der Waals surface area (Å²) in [5.74, 6) is 0.0851. The Balaban J connectivity index is 2.21. The quantitative estimate of drug-likeness (QED) is 0.781. The van der Waals surface area contributed by atoms with Crippen molar-refractivity contribution >= 4 is 5.91 Å². The molecule has 0 aromatic carbocycles. The largest absolute Gasteiger partial charge is 0.395 e. The molecule has 2 fully saturated rings. The molecular weight excluding hydrogens is 256 g/mol. The molecule has 3 unspecified atom stereocenters. The van der Waals surface area contributed by atoms with Crippen molar-refractivity contribution in [2.24, 2.45) is 17.1 Å². The van der Waals surface area contributed by atoms with Crippen molar-refractivity contribution in [3.05, 3.63) is 0 Å². The van der Waals surface area contributed by atoms with Crippen LogP contribution in [-0.2, 0) is 9.53 Å². The van der Waals surface area contributed by atoms with Gasteiger partial charge in [0.1, 0.15) is 5.54 Å². The van der Waals surface area contributed by atoms with E-state index in [1.807, 2.05) is 20.8 Å². The van der Waals surface area contributed by atoms with E-state index in [1.54, 1.807) is 4.90 Å². The Morgan fingerprint density at radius 2 is 2.15 bits per heavy atom. The Hall–Kier alpha value is -0.650. The van der Waals surface area contributed by atoms with Gasteiger partial charge in [0.05, 0.1) is 12.7 Å². The third kappa shape index (κ3) is 2.07. The predicted octanol–water partition coefficient (Wildman–Crippen LogP) is 0.750. The Kier molecular flexibility index (Phi) is 4.42. The van der Waals surface area contributed by atoms with Crippen LogP contribution in [0.2, 0.25) is 0 Å². The number of aliphatic hydroxyl groups excluding tert-OH is 1. The molecule has 0 radical (unpaired) electrons. The standard InChI is InChI=1S/C15H28N2O3/c1-4-7-17(8-9-18)13(19)15(16)11-6-5-10-20-12(11)14(15,2)3/h11-12,18H,4-10,16H2,1-3H3. The normalized spacial score (nSPS) is 35.0. The van der Waals surface area contributed by atoms with Crippen molar-refractivity contribution in [2.45, 2.75) is 51.7 Å². The second kappa shape index (κ2) is 5.62. The zero-order valence-corrected chi connectivity index (χ0v) is 12.9. The van der Waals surface area contributed by atoms with E-state index in [2.05, 4.69) is 0 Å². The molecule has 0 aromatic heterocycles. The van der Waals surface area contributed by atoms with E-state index in [-0.39, 0.29) is 30.0 Å². The molecule has 3 N–H and O–H groups in total. The molecule has 1 saturated heterocycles. The molecule has 116 valence electrons. The first-order valence-electron chi connectivity index (χ1n) is 7.72. The van der Waals surface area contributed by atoms with E-state index in [0.717, 1.165) is 25.9 Å². The van der Waals surface area contributed by atoms with Crippen LogP contribution < -0.4 is 5.73 Å². The van der Waals surface area contributed by atoms with E-state index < -0.39 is 5.54 Å². The van der Waals surface area contributed by atoms with Crippen LogP contribution in [0.25, 0.3) is 0 Å². The lowest BCUT2D eigenvalue weighted by molar-refractivity contribution is -0.230. The molecule has 20 heavy (non-hydrogen) atoms. The van der Waals surface area contributed by atoms with Crippen LogP contribution in [0.3, 0.4) is 0 Å². The van der Waals surface area contributed by atoms with Gasteiger partial charge in [-0.15, -0.1) is 0 Å². The van der Waals surface area contributed by atoms with Gasteiger partial charge in [0, 0.05) is 31.0 Å². The van der Waals surface area contributed by atoms with Crippen molar-refractivity contribution in [2.75, 3.05) is 26.3 Å². The molecule has 2 rings (SSSR count). The lowest BCUT2D eigenvalue weighted by Crippen LogP contribution is -2.82.